The number of anilines is 1. The van der Waals surface area contributed by atoms with Gasteiger partial charge >= 0.3 is 5.97 Å². The Morgan fingerprint density at radius 3 is 2.81 bits per heavy atom. The number of hydrazone groups is 1. The van der Waals surface area contributed by atoms with Crippen LogP contribution in [0.1, 0.15) is 25.3 Å². The van der Waals surface area contributed by atoms with Crippen molar-refractivity contribution in [1.82, 2.24) is 5.43 Å². The van der Waals surface area contributed by atoms with Crippen molar-refractivity contribution in [3.63, 3.8) is 0 Å². The van der Waals surface area contributed by atoms with Crippen molar-refractivity contribution in [3.05, 3.63) is 33.9 Å². The molecule has 1 saturated heterocycles. The van der Waals surface area contributed by atoms with Crippen LogP contribution in [0, 0.1) is 16.0 Å². The molecule has 1 aromatic carbocycles. The molecule has 1 aromatic rings. The molecular formula is C16H21N5O4S. The number of piperidine rings is 1. The van der Waals surface area contributed by atoms with E-state index in [1.165, 1.54) is 18.3 Å². The molecule has 10 heteroatoms. The van der Waals surface area contributed by atoms with Crippen LogP contribution in [0.2, 0.25) is 0 Å². The predicted molar refractivity (Wildman–Crippen MR) is 102 cm³/mol. The number of hydrogen-bond donors (Lipinski definition) is 2. The molecule has 0 saturated carbocycles. The molecule has 0 amide bonds. The zero-order valence-corrected chi connectivity index (χ0v) is 15.2. The topological polar surface area (TPSA) is 123 Å². The third kappa shape index (κ3) is 5.12. The third-order valence-corrected chi connectivity index (χ3v) is 4.15. The summed E-state index contributed by atoms with van der Waals surface area (Å²) >= 11 is 4.69. The fourth-order valence-electron chi connectivity index (χ4n) is 2.83. The largest absolute Gasteiger partial charge is 0.466 e. The summed E-state index contributed by atoms with van der Waals surface area (Å²) in [5.74, 6) is -0.282. The molecule has 3 N–H and O–H groups in total. The first-order valence-corrected chi connectivity index (χ1v) is 8.61. The molecular weight excluding hydrogens is 358 g/mol. The van der Waals surface area contributed by atoms with Crippen molar-refractivity contribution in [2.75, 3.05) is 24.6 Å². The number of nitrogens with zero attached hydrogens (tertiary/aromatic N) is 3. The summed E-state index contributed by atoms with van der Waals surface area (Å²) in [6, 6.07) is 4.58. The van der Waals surface area contributed by atoms with Crippen molar-refractivity contribution >= 4 is 40.9 Å². The minimum absolute atomic E-state index is 0.00322. The van der Waals surface area contributed by atoms with Crippen LogP contribution < -0.4 is 16.1 Å². The van der Waals surface area contributed by atoms with Crippen LogP contribution in [-0.4, -0.2) is 41.9 Å². The summed E-state index contributed by atoms with van der Waals surface area (Å²) in [5, 5.41) is 14.9. The fourth-order valence-corrected chi connectivity index (χ4v) is 2.88. The third-order valence-electron chi connectivity index (χ3n) is 4.06. The Bertz CT molecular complexity index is 717. The van der Waals surface area contributed by atoms with E-state index in [0.717, 1.165) is 5.69 Å². The molecule has 1 fully saturated rings. The van der Waals surface area contributed by atoms with E-state index in [-0.39, 0.29) is 22.7 Å². The van der Waals surface area contributed by atoms with Crippen LogP contribution in [0.3, 0.4) is 0 Å². The average molecular weight is 379 g/mol. The Balaban J connectivity index is 2.17. The molecule has 140 valence electrons. The van der Waals surface area contributed by atoms with E-state index in [0.29, 0.717) is 38.1 Å². The minimum atomic E-state index is -0.463. The Labute approximate surface area is 156 Å². The number of nitrogens with two attached hydrogens (primary N) is 1. The normalized spacial score (nSPS) is 15.0. The molecule has 26 heavy (non-hydrogen) atoms. The van der Waals surface area contributed by atoms with Gasteiger partial charge in [-0.15, -0.1) is 0 Å². The Morgan fingerprint density at radius 1 is 1.54 bits per heavy atom. The van der Waals surface area contributed by atoms with E-state index in [9.17, 15) is 14.9 Å². The summed E-state index contributed by atoms with van der Waals surface area (Å²) < 4.78 is 5.08. The Kier molecular flexibility index (Phi) is 6.84. The second kappa shape index (κ2) is 9.09. The highest BCUT2D eigenvalue weighted by molar-refractivity contribution is 7.80. The highest BCUT2D eigenvalue weighted by atomic mass is 32.1. The van der Waals surface area contributed by atoms with Gasteiger partial charge in [-0.05, 0) is 38.0 Å². The lowest BCUT2D eigenvalue weighted by Crippen LogP contribution is -2.37. The molecule has 1 heterocycles. The van der Waals surface area contributed by atoms with Crippen molar-refractivity contribution in [2.24, 2.45) is 16.8 Å². The molecule has 1 aliphatic heterocycles. The number of nitro benzene ring substituents is 1. The SMILES string of the molecule is CCOC(=O)C1CCN(c2ccc([N+](=O)[O-])cc2C=NNC(N)=S)CC1. The number of carbonyl (C=O) groups excluding carboxylic acids is 1. The molecule has 0 aromatic heterocycles. The van der Waals surface area contributed by atoms with Gasteiger partial charge in [-0.25, -0.2) is 0 Å². The molecule has 0 bridgehead atoms. The number of nitrogens with one attached hydrogen (secondary N) is 1. The fraction of sp³-hybridized carbons (Fsp3) is 0.438. The van der Waals surface area contributed by atoms with Gasteiger partial charge in [0, 0.05) is 36.5 Å². The molecule has 1 aliphatic rings. The summed E-state index contributed by atoms with van der Waals surface area (Å²) in [7, 11) is 0. The van der Waals surface area contributed by atoms with Crippen molar-refractivity contribution in [3.8, 4) is 0 Å². The molecule has 0 aliphatic carbocycles. The number of esters is 1. The van der Waals surface area contributed by atoms with E-state index >= 15 is 0 Å². The zero-order chi connectivity index (χ0) is 19.1. The van der Waals surface area contributed by atoms with Gasteiger partial charge < -0.3 is 15.4 Å². The number of ether oxygens (including phenoxy) is 1. The van der Waals surface area contributed by atoms with Crippen molar-refractivity contribution in [1.29, 1.82) is 0 Å². The van der Waals surface area contributed by atoms with E-state index < -0.39 is 4.92 Å². The number of rotatable bonds is 6. The molecule has 0 atom stereocenters. The number of thiocarbonyl (C=S) groups is 1. The number of hydrogen-bond acceptors (Lipinski definition) is 7. The van der Waals surface area contributed by atoms with Crippen LogP contribution in [0.15, 0.2) is 23.3 Å². The van der Waals surface area contributed by atoms with Gasteiger partial charge in [0.2, 0.25) is 0 Å². The van der Waals surface area contributed by atoms with Gasteiger partial charge in [-0.3, -0.25) is 20.3 Å². The first-order chi connectivity index (χ1) is 12.4. The van der Waals surface area contributed by atoms with Gasteiger partial charge in [0.25, 0.3) is 5.69 Å². The van der Waals surface area contributed by atoms with Crippen LogP contribution in [0.5, 0.6) is 0 Å². The van der Waals surface area contributed by atoms with E-state index in [1.54, 1.807) is 13.0 Å². The Hall–Kier alpha value is -2.75. The number of benzene rings is 1. The van der Waals surface area contributed by atoms with Crippen LogP contribution in [0.25, 0.3) is 0 Å². The van der Waals surface area contributed by atoms with Gasteiger partial charge in [-0.1, -0.05) is 0 Å². The first-order valence-electron chi connectivity index (χ1n) is 8.21. The number of non-ortho nitro benzene ring substituents is 1. The molecule has 0 unspecified atom stereocenters. The lowest BCUT2D eigenvalue weighted by atomic mass is 9.96. The van der Waals surface area contributed by atoms with Crippen LogP contribution in [0.4, 0.5) is 11.4 Å². The molecule has 2 rings (SSSR count). The lowest BCUT2D eigenvalue weighted by molar-refractivity contribution is -0.384. The second-order valence-electron chi connectivity index (χ2n) is 5.75. The maximum Gasteiger partial charge on any atom is 0.309 e. The highest BCUT2D eigenvalue weighted by Crippen LogP contribution is 2.29. The van der Waals surface area contributed by atoms with Gasteiger partial charge in [0.1, 0.15) is 0 Å². The minimum Gasteiger partial charge on any atom is -0.466 e. The summed E-state index contributed by atoms with van der Waals surface area (Å²) in [6.07, 6.45) is 2.77. The van der Waals surface area contributed by atoms with E-state index in [2.05, 4.69) is 27.6 Å². The molecule has 0 radical (unpaired) electrons. The maximum atomic E-state index is 11.9. The number of nitro groups is 1. The number of carbonyl (C=O) groups is 1. The summed E-state index contributed by atoms with van der Waals surface area (Å²) in [6.45, 7) is 3.45. The van der Waals surface area contributed by atoms with Gasteiger partial charge in [-0.2, -0.15) is 5.10 Å². The maximum absolute atomic E-state index is 11.9. The van der Waals surface area contributed by atoms with E-state index in [1.807, 2.05) is 0 Å². The molecule has 9 nitrogen and oxygen atoms in total. The molecule has 0 spiro atoms. The first kappa shape index (κ1) is 19.6. The van der Waals surface area contributed by atoms with Gasteiger partial charge in [0.05, 0.1) is 23.7 Å². The highest BCUT2D eigenvalue weighted by Gasteiger charge is 2.27. The monoisotopic (exact) mass is 379 g/mol. The zero-order valence-electron chi connectivity index (χ0n) is 14.4. The van der Waals surface area contributed by atoms with Crippen LogP contribution in [-0.2, 0) is 9.53 Å². The smallest absolute Gasteiger partial charge is 0.309 e. The second-order valence-corrected chi connectivity index (χ2v) is 6.19. The summed E-state index contributed by atoms with van der Waals surface area (Å²) in [4.78, 5) is 24.5. The van der Waals surface area contributed by atoms with Crippen LogP contribution >= 0.6 is 12.2 Å². The Morgan fingerprint density at radius 2 is 2.23 bits per heavy atom. The quantitative estimate of drug-likeness (QED) is 0.251. The average Bonchev–Trinajstić information content (AvgIpc) is 2.61. The van der Waals surface area contributed by atoms with Crippen molar-refractivity contribution < 1.29 is 14.5 Å². The lowest BCUT2D eigenvalue weighted by Gasteiger charge is -2.33. The van der Waals surface area contributed by atoms with Crippen molar-refractivity contribution in [2.45, 2.75) is 19.8 Å². The summed E-state index contributed by atoms with van der Waals surface area (Å²) in [5.41, 5.74) is 9.10. The van der Waals surface area contributed by atoms with Gasteiger partial charge in [0.15, 0.2) is 5.11 Å². The standard InChI is InChI=1S/C16H21N5O4S/c1-2-25-15(22)11-5-7-20(8-6-11)14-4-3-13(21(23)24)9-12(14)10-18-19-16(17)26/h3-4,9-11H,2,5-8H2,1H3,(H3,17,19,26). The van der Waals surface area contributed by atoms with E-state index in [4.69, 9.17) is 10.5 Å². The predicted octanol–water partition coefficient (Wildman–Crippen LogP) is 1.54.